The van der Waals surface area contributed by atoms with E-state index in [9.17, 15) is 0 Å². The number of hydrogen-bond acceptors (Lipinski definition) is 7. The highest BCUT2D eigenvalue weighted by Crippen LogP contribution is 2.32. The summed E-state index contributed by atoms with van der Waals surface area (Å²) in [7, 11) is 0. The van der Waals surface area contributed by atoms with Crippen LogP contribution >= 0.6 is 0 Å². The summed E-state index contributed by atoms with van der Waals surface area (Å²) in [5.41, 5.74) is 7.84. The summed E-state index contributed by atoms with van der Waals surface area (Å²) in [5, 5.41) is 8.80. The highest BCUT2D eigenvalue weighted by molar-refractivity contribution is 5.58. The first-order chi connectivity index (χ1) is 11.1. The first-order valence-electron chi connectivity index (χ1n) is 8.50. The maximum Gasteiger partial charge on any atom is 0.153 e. The first kappa shape index (κ1) is 15.1. The summed E-state index contributed by atoms with van der Waals surface area (Å²) in [4.78, 5) is 4.62. The van der Waals surface area contributed by atoms with Crippen LogP contribution in [0.25, 0.3) is 0 Å². The molecule has 1 aromatic rings. The van der Waals surface area contributed by atoms with Crippen molar-refractivity contribution >= 4 is 11.5 Å². The van der Waals surface area contributed by atoms with Crippen LogP contribution in [-0.2, 0) is 16.0 Å². The second-order valence-corrected chi connectivity index (χ2v) is 6.92. The van der Waals surface area contributed by atoms with Crippen LogP contribution in [0.5, 0.6) is 0 Å². The Morgan fingerprint density at radius 2 is 1.70 bits per heavy atom. The van der Waals surface area contributed by atoms with E-state index in [0.717, 1.165) is 43.4 Å². The summed E-state index contributed by atoms with van der Waals surface area (Å²) in [6.07, 6.45) is 2.30. The van der Waals surface area contributed by atoms with Crippen LogP contribution in [0.4, 0.5) is 11.5 Å². The molecule has 7 heteroatoms. The summed E-state index contributed by atoms with van der Waals surface area (Å²) < 4.78 is 11.6. The lowest BCUT2D eigenvalue weighted by Crippen LogP contribution is -2.57. The zero-order valence-electron chi connectivity index (χ0n) is 13.8. The molecule has 23 heavy (non-hydrogen) atoms. The first-order valence-corrected chi connectivity index (χ1v) is 8.50. The van der Waals surface area contributed by atoms with Gasteiger partial charge in [0.15, 0.2) is 5.82 Å². The molecular weight excluding hydrogens is 294 g/mol. The van der Waals surface area contributed by atoms with E-state index >= 15 is 0 Å². The van der Waals surface area contributed by atoms with Crippen molar-refractivity contribution in [2.24, 2.45) is 5.73 Å². The molecule has 126 valence electrons. The summed E-state index contributed by atoms with van der Waals surface area (Å²) >= 11 is 0. The lowest BCUT2D eigenvalue weighted by Gasteiger charge is -2.47. The summed E-state index contributed by atoms with van der Waals surface area (Å²) in [5.74, 6) is 0.932. The zero-order valence-corrected chi connectivity index (χ0v) is 13.8. The lowest BCUT2D eigenvalue weighted by atomic mass is 9.99. The average Bonchev–Trinajstić information content (AvgIpc) is 2.53. The zero-order chi connectivity index (χ0) is 16.0. The predicted octanol–water partition coefficient (Wildman–Crippen LogP) is 0.526. The van der Waals surface area contributed by atoms with Gasteiger partial charge in [0, 0.05) is 45.2 Å². The molecular formula is C16H25N5O2. The molecule has 7 nitrogen and oxygen atoms in total. The fourth-order valence-corrected chi connectivity index (χ4v) is 3.89. The third-order valence-corrected chi connectivity index (χ3v) is 4.87. The molecule has 4 aliphatic heterocycles. The van der Waals surface area contributed by atoms with Crippen LogP contribution in [0.3, 0.4) is 0 Å². The number of piperidine rings is 1. The normalized spacial score (nSPS) is 33.5. The second-order valence-electron chi connectivity index (χ2n) is 6.92. The third-order valence-electron chi connectivity index (χ3n) is 4.87. The lowest BCUT2D eigenvalue weighted by molar-refractivity contribution is -0.133. The molecule has 0 amide bonds. The van der Waals surface area contributed by atoms with Crippen LogP contribution in [-0.4, -0.2) is 60.8 Å². The third kappa shape index (κ3) is 2.88. The Morgan fingerprint density at radius 3 is 2.30 bits per heavy atom. The van der Waals surface area contributed by atoms with Crippen molar-refractivity contribution in [1.82, 2.24) is 10.2 Å². The minimum Gasteiger partial charge on any atom is -0.372 e. The minimum absolute atomic E-state index is 0.206. The maximum atomic E-state index is 5.89. The van der Waals surface area contributed by atoms with Gasteiger partial charge >= 0.3 is 0 Å². The number of nitrogens with two attached hydrogens (primary N) is 1. The van der Waals surface area contributed by atoms with E-state index in [1.807, 2.05) is 0 Å². The number of aromatic nitrogens is 2. The van der Waals surface area contributed by atoms with Crippen molar-refractivity contribution in [3.05, 3.63) is 11.8 Å². The van der Waals surface area contributed by atoms with Crippen LogP contribution in [0.1, 0.15) is 26.0 Å². The smallest absolute Gasteiger partial charge is 0.153 e. The summed E-state index contributed by atoms with van der Waals surface area (Å²) in [6.45, 7) is 8.14. The Bertz CT molecular complexity index is 558. The molecule has 5 rings (SSSR count). The molecule has 4 fully saturated rings. The number of nitrogens with zero attached hydrogens (tertiary/aromatic N) is 4. The Hall–Kier alpha value is -1.44. The monoisotopic (exact) mass is 319 g/mol. The molecule has 1 aromatic heterocycles. The number of morpholine rings is 2. The number of ether oxygens (including phenoxy) is 2. The van der Waals surface area contributed by atoms with Gasteiger partial charge in [-0.15, -0.1) is 10.2 Å². The van der Waals surface area contributed by atoms with Crippen LogP contribution in [0.2, 0.25) is 0 Å². The van der Waals surface area contributed by atoms with Gasteiger partial charge in [0.25, 0.3) is 0 Å². The Morgan fingerprint density at radius 1 is 1.04 bits per heavy atom. The van der Waals surface area contributed by atoms with E-state index in [0.29, 0.717) is 18.8 Å². The predicted molar refractivity (Wildman–Crippen MR) is 87.6 cm³/mol. The van der Waals surface area contributed by atoms with Crippen molar-refractivity contribution < 1.29 is 9.47 Å². The van der Waals surface area contributed by atoms with Gasteiger partial charge in [0.2, 0.25) is 0 Å². The highest BCUT2D eigenvalue weighted by atomic mass is 16.5. The van der Waals surface area contributed by atoms with E-state index < -0.39 is 0 Å². The van der Waals surface area contributed by atoms with E-state index in [-0.39, 0.29) is 12.2 Å². The molecule has 4 saturated heterocycles. The fourth-order valence-electron chi connectivity index (χ4n) is 3.89. The number of anilines is 2. The molecule has 4 unspecified atom stereocenters. The topological polar surface area (TPSA) is 76.7 Å². The van der Waals surface area contributed by atoms with Gasteiger partial charge in [-0.25, -0.2) is 0 Å². The van der Waals surface area contributed by atoms with Crippen LogP contribution in [0.15, 0.2) is 6.07 Å². The van der Waals surface area contributed by atoms with E-state index in [4.69, 9.17) is 15.2 Å². The molecule has 0 aromatic carbocycles. The van der Waals surface area contributed by atoms with E-state index in [1.165, 1.54) is 6.42 Å². The van der Waals surface area contributed by atoms with Gasteiger partial charge in [-0.3, -0.25) is 0 Å². The molecule has 5 heterocycles. The van der Waals surface area contributed by atoms with Crippen molar-refractivity contribution in [3.8, 4) is 0 Å². The number of fused-ring (bicyclic) bond motifs is 2. The Labute approximate surface area is 136 Å². The minimum atomic E-state index is 0.206. The van der Waals surface area contributed by atoms with Crippen molar-refractivity contribution in [2.75, 3.05) is 36.0 Å². The highest BCUT2D eigenvalue weighted by Gasteiger charge is 2.39. The van der Waals surface area contributed by atoms with Gasteiger partial charge < -0.3 is 25.0 Å². The largest absolute Gasteiger partial charge is 0.372 e. The van der Waals surface area contributed by atoms with E-state index in [1.54, 1.807) is 0 Å². The second kappa shape index (κ2) is 5.89. The SMILES string of the molecule is CC1CN(c2cc(N3CC4CC(C3)O4)nnc2CN)CC(C)O1. The molecule has 0 radical (unpaired) electrons. The molecule has 4 atom stereocenters. The quantitative estimate of drug-likeness (QED) is 0.870. The molecule has 0 aliphatic carbocycles. The number of rotatable bonds is 3. The van der Waals surface area contributed by atoms with Crippen molar-refractivity contribution in [2.45, 2.75) is 51.2 Å². The maximum absolute atomic E-state index is 5.89. The van der Waals surface area contributed by atoms with E-state index in [2.05, 4.69) is 39.9 Å². The fraction of sp³-hybridized carbons (Fsp3) is 0.750. The van der Waals surface area contributed by atoms with Gasteiger partial charge in [-0.2, -0.15) is 0 Å². The molecule has 2 N–H and O–H groups in total. The summed E-state index contributed by atoms with van der Waals surface area (Å²) in [6, 6.07) is 2.14. The van der Waals surface area contributed by atoms with Crippen molar-refractivity contribution in [1.29, 1.82) is 0 Å². The van der Waals surface area contributed by atoms with Gasteiger partial charge in [-0.1, -0.05) is 0 Å². The van der Waals surface area contributed by atoms with Crippen molar-refractivity contribution in [3.63, 3.8) is 0 Å². The van der Waals surface area contributed by atoms with Gasteiger partial charge in [0.05, 0.1) is 30.1 Å². The standard InChI is InChI=1S/C16H25N5O2/c1-10-6-20(7-11(2)22-10)15-4-16(19-18-14(15)5-17)21-8-12-3-13(9-21)23-12/h4,10-13H,3,5-9,17H2,1-2H3. The Kier molecular flexibility index (Phi) is 3.87. The molecule has 0 saturated carbocycles. The number of hydrogen-bond donors (Lipinski definition) is 1. The molecule has 4 aliphatic rings. The molecule has 0 spiro atoms. The van der Waals surface area contributed by atoms with Crippen LogP contribution < -0.4 is 15.5 Å². The molecule has 2 bridgehead atoms. The van der Waals surface area contributed by atoms with Gasteiger partial charge in [-0.05, 0) is 13.8 Å². The average molecular weight is 319 g/mol. The van der Waals surface area contributed by atoms with Gasteiger partial charge in [0.1, 0.15) is 5.69 Å². The van der Waals surface area contributed by atoms with Crippen LogP contribution in [0, 0.1) is 0 Å². The Balaban J connectivity index is 1.60.